The lowest BCUT2D eigenvalue weighted by molar-refractivity contribution is -0.134. The van der Waals surface area contributed by atoms with Crippen LogP contribution in [0, 0.1) is 5.41 Å². The number of Topliss-reactive ketones (excluding diaryl/α,β-unsaturated/α-hetero) is 2. The van der Waals surface area contributed by atoms with Crippen LogP contribution in [0.5, 0.6) is 0 Å². The highest BCUT2D eigenvalue weighted by atomic mass is 35.5. The van der Waals surface area contributed by atoms with E-state index >= 15 is 4.79 Å². The first kappa shape index (κ1) is 25.7. The number of likely N-dealkylation sites (tertiary alicyclic amines) is 2. The lowest BCUT2D eigenvalue weighted by Gasteiger charge is -2.51. The predicted octanol–water partition coefficient (Wildman–Crippen LogP) is 6.85. The maximum Gasteiger partial charge on any atom is 0.189 e. The molecule has 2 saturated heterocycles. The molecule has 0 radical (unpaired) electrons. The van der Waals surface area contributed by atoms with Crippen molar-refractivity contribution in [2.45, 2.75) is 11.5 Å². The van der Waals surface area contributed by atoms with E-state index in [2.05, 4.69) is 9.80 Å². The van der Waals surface area contributed by atoms with E-state index < -0.39 is 11.0 Å². The zero-order chi connectivity index (χ0) is 27.8. The van der Waals surface area contributed by atoms with Gasteiger partial charge in [0.15, 0.2) is 11.6 Å². The molecule has 4 nitrogen and oxygen atoms in total. The largest absolute Gasteiger partial charge is 0.301 e. The summed E-state index contributed by atoms with van der Waals surface area (Å²) in [6.45, 7) is 1.40. The number of hydrogen-bond acceptors (Lipinski definition) is 4. The SMILES string of the molecule is CN1C/C(=C\c2ccccc2Cl)C(=O)[C@@]2(C1)[C@H](c1ccccc1Cl)CN(C)[C@]21C(=O)c2cccc3cccc1c23. The molecule has 0 saturated carbocycles. The summed E-state index contributed by atoms with van der Waals surface area (Å²) in [7, 11) is 4.01. The van der Waals surface area contributed by atoms with E-state index in [1.54, 1.807) is 0 Å². The van der Waals surface area contributed by atoms with Crippen molar-refractivity contribution in [3.63, 3.8) is 0 Å². The fourth-order valence-corrected chi connectivity index (χ4v) is 8.35. The molecule has 0 amide bonds. The van der Waals surface area contributed by atoms with Gasteiger partial charge in [-0.25, -0.2) is 0 Å². The van der Waals surface area contributed by atoms with Crippen molar-refractivity contribution in [2.24, 2.45) is 5.41 Å². The number of carbonyl (C=O) groups excluding carboxylic acids is 2. The van der Waals surface area contributed by atoms with Crippen LogP contribution in [0.1, 0.15) is 33.0 Å². The highest BCUT2D eigenvalue weighted by Gasteiger charge is 2.74. The Labute approximate surface area is 243 Å². The van der Waals surface area contributed by atoms with E-state index in [0.29, 0.717) is 40.8 Å². The monoisotopic (exact) mass is 566 g/mol. The number of nitrogens with zero attached hydrogens (tertiary/aromatic N) is 2. The van der Waals surface area contributed by atoms with Crippen LogP contribution in [0.3, 0.4) is 0 Å². The third-order valence-corrected chi connectivity index (χ3v) is 10.00. The first-order valence-corrected chi connectivity index (χ1v) is 14.3. The van der Waals surface area contributed by atoms with E-state index in [-0.39, 0.29) is 17.5 Å². The Kier molecular flexibility index (Phi) is 5.85. The molecule has 3 atom stereocenters. The van der Waals surface area contributed by atoms with Crippen LogP contribution in [0.4, 0.5) is 0 Å². The van der Waals surface area contributed by atoms with Crippen molar-refractivity contribution in [1.82, 2.24) is 9.80 Å². The zero-order valence-corrected chi connectivity index (χ0v) is 23.8. The minimum atomic E-state index is -1.19. The number of rotatable bonds is 2. The maximum atomic E-state index is 15.3. The highest BCUT2D eigenvalue weighted by molar-refractivity contribution is 6.32. The molecular weight excluding hydrogens is 539 g/mol. The van der Waals surface area contributed by atoms with Gasteiger partial charge in [0.05, 0.1) is 5.41 Å². The van der Waals surface area contributed by atoms with E-state index in [0.717, 1.165) is 27.5 Å². The van der Waals surface area contributed by atoms with Crippen molar-refractivity contribution < 1.29 is 9.59 Å². The fourth-order valence-electron chi connectivity index (χ4n) is 7.89. The smallest absolute Gasteiger partial charge is 0.189 e. The quantitative estimate of drug-likeness (QED) is 0.249. The molecule has 6 heteroatoms. The van der Waals surface area contributed by atoms with Crippen molar-refractivity contribution >= 4 is 51.6 Å². The van der Waals surface area contributed by atoms with Gasteiger partial charge in [-0.2, -0.15) is 0 Å². The molecule has 1 aliphatic carbocycles. The molecule has 0 aromatic heterocycles. The molecule has 2 aliphatic heterocycles. The maximum absolute atomic E-state index is 15.3. The van der Waals surface area contributed by atoms with Crippen LogP contribution >= 0.6 is 23.2 Å². The number of likely N-dealkylation sites (N-methyl/N-ethyl adjacent to an activating group) is 2. The Morgan fingerprint density at radius 1 is 0.825 bits per heavy atom. The van der Waals surface area contributed by atoms with Gasteiger partial charge in [-0.3, -0.25) is 14.5 Å². The molecule has 0 bridgehead atoms. The normalized spacial score (nSPS) is 27.6. The van der Waals surface area contributed by atoms with Gasteiger partial charge in [0, 0.05) is 46.7 Å². The molecule has 3 aliphatic rings. The van der Waals surface area contributed by atoms with Crippen LogP contribution in [-0.4, -0.2) is 55.1 Å². The minimum absolute atomic E-state index is 0.0158. The molecule has 4 aromatic carbocycles. The number of piperidine rings is 1. The Morgan fingerprint density at radius 3 is 2.27 bits per heavy atom. The molecule has 0 unspecified atom stereocenters. The van der Waals surface area contributed by atoms with Crippen molar-refractivity contribution in [3.8, 4) is 0 Å². The van der Waals surface area contributed by atoms with E-state index in [9.17, 15) is 4.79 Å². The minimum Gasteiger partial charge on any atom is -0.301 e. The topological polar surface area (TPSA) is 40.6 Å². The van der Waals surface area contributed by atoms with Gasteiger partial charge in [-0.15, -0.1) is 0 Å². The van der Waals surface area contributed by atoms with Crippen LogP contribution in [0.2, 0.25) is 10.0 Å². The van der Waals surface area contributed by atoms with Crippen LogP contribution < -0.4 is 0 Å². The molecule has 40 heavy (non-hydrogen) atoms. The van der Waals surface area contributed by atoms with Crippen molar-refractivity contribution in [2.75, 3.05) is 33.7 Å². The van der Waals surface area contributed by atoms with Gasteiger partial charge in [0.25, 0.3) is 0 Å². The van der Waals surface area contributed by atoms with Gasteiger partial charge in [0.2, 0.25) is 0 Å². The summed E-state index contributed by atoms with van der Waals surface area (Å²) >= 11 is 13.4. The molecule has 2 heterocycles. The summed E-state index contributed by atoms with van der Waals surface area (Å²) in [5.74, 6) is -0.348. The summed E-state index contributed by atoms with van der Waals surface area (Å²) in [5, 5.41) is 3.14. The van der Waals surface area contributed by atoms with Crippen molar-refractivity contribution in [3.05, 3.63) is 123 Å². The number of hydrogen-bond donors (Lipinski definition) is 0. The van der Waals surface area contributed by atoms with Gasteiger partial charge in [-0.1, -0.05) is 96.0 Å². The summed E-state index contributed by atoms with van der Waals surface area (Å²) in [6, 6.07) is 27.3. The number of benzene rings is 4. The van der Waals surface area contributed by atoms with E-state index in [4.69, 9.17) is 23.2 Å². The Morgan fingerprint density at radius 2 is 1.52 bits per heavy atom. The summed E-state index contributed by atoms with van der Waals surface area (Å²) in [6.07, 6.45) is 1.91. The number of fused-ring (bicyclic) bond motifs is 2. The van der Waals surface area contributed by atoms with Crippen LogP contribution in [0.15, 0.2) is 90.5 Å². The first-order valence-electron chi connectivity index (χ1n) is 13.5. The molecule has 2 spiro atoms. The second kappa shape index (κ2) is 9.12. The van der Waals surface area contributed by atoms with Crippen LogP contribution in [0.25, 0.3) is 16.8 Å². The number of ketones is 2. The summed E-state index contributed by atoms with van der Waals surface area (Å²) in [5.41, 5.74) is 1.59. The molecule has 2 fully saturated rings. The second-order valence-electron chi connectivity index (χ2n) is 11.4. The van der Waals surface area contributed by atoms with E-state index in [1.807, 2.05) is 105 Å². The molecule has 0 N–H and O–H groups in total. The predicted molar refractivity (Wildman–Crippen MR) is 161 cm³/mol. The van der Waals surface area contributed by atoms with Gasteiger partial charge in [0.1, 0.15) is 5.54 Å². The van der Waals surface area contributed by atoms with Gasteiger partial charge in [-0.05, 0) is 59.8 Å². The average Bonchev–Trinajstić information content (AvgIpc) is 3.35. The molecule has 4 aromatic rings. The summed E-state index contributed by atoms with van der Waals surface area (Å²) in [4.78, 5) is 34.5. The first-order chi connectivity index (χ1) is 19.3. The standard InChI is InChI=1S/C34H28Cl2N2O2/c1-37-18-23(17-22-9-3-5-15-28(22)35)31(39)33(20-37)27(24-12-4-6-16-29(24)36)19-38(2)34(33)26-14-8-11-21-10-7-13-25(30(21)26)32(34)40/h3-17,27H,18-20H2,1-2H3/b23-17+/t27-,33+,34+/m0/s1. The van der Waals surface area contributed by atoms with Gasteiger partial charge >= 0.3 is 0 Å². The highest BCUT2D eigenvalue weighted by Crippen LogP contribution is 2.65. The molecule has 7 rings (SSSR count). The zero-order valence-electron chi connectivity index (χ0n) is 22.3. The Balaban J connectivity index is 1.56. The second-order valence-corrected chi connectivity index (χ2v) is 12.2. The third-order valence-electron chi connectivity index (χ3n) is 9.31. The van der Waals surface area contributed by atoms with Gasteiger partial charge < -0.3 is 4.90 Å². The Hall–Kier alpha value is -3.28. The van der Waals surface area contributed by atoms with Crippen LogP contribution in [-0.2, 0) is 10.3 Å². The average molecular weight is 568 g/mol. The lowest BCUT2D eigenvalue weighted by Crippen LogP contribution is -2.64. The number of carbonyl (C=O) groups is 2. The number of halogens is 2. The third kappa shape index (κ3) is 3.22. The Bertz CT molecular complexity index is 1760. The lowest BCUT2D eigenvalue weighted by atomic mass is 9.55. The molecular formula is C34H28Cl2N2O2. The van der Waals surface area contributed by atoms with Crippen molar-refractivity contribution in [1.29, 1.82) is 0 Å². The summed E-state index contributed by atoms with van der Waals surface area (Å²) < 4.78 is 0. The fraction of sp³-hybridized carbons (Fsp3) is 0.235. The van der Waals surface area contributed by atoms with E-state index in [1.165, 1.54) is 0 Å². The molecule has 200 valence electrons.